The molecule has 0 saturated heterocycles. The molecule has 0 atom stereocenters. The van der Waals surface area contributed by atoms with Gasteiger partial charge in [0.25, 0.3) is 0 Å². The first-order chi connectivity index (χ1) is 20.0. The summed E-state index contributed by atoms with van der Waals surface area (Å²) in [7, 11) is 3.28. The Bertz CT molecular complexity index is 1440. The predicted octanol–water partition coefficient (Wildman–Crippen LogP) is 7.00. The maximum absolute atomic E-state index is 13.0. The highest BCUT2D eigenvalue weighted by atomic mass is 32.2. The molecule has 2 aromatic carbocycles. The fraction of sp³-hybridized carbons (Fsp3) is 0.323. The molecule has 0 radical (unpaired) electrons. The molecule has 0 bridgehead atoms. The van der Waals surface area contributed by atoms with Crippen LogP contribution in [0, 0.1) is 0 Å². The molecule has 1 aliphatic rings. The Morgan fingerprint density at radius 2 is 1.63 bits per heavy atom. The van der Waals surface area contributed by atoms with Gasteiger partial charge in [0.15, 0.2) is 5.16 Å². The number of anilines is 1. The number of hydrogen-bond acceptors (Lipinski definition) is 8. The average molecular weight is 592 g/mol. The summed E-state index contributed by atoms with van der Waals surface area (Å²) in [6.45, 7) is 2.09. The van der Waals surface area contributed by atoms with Crippen molar-refractivity contribution in [3.05, 3.63) is 64.5 Å². The zero-order valence-corrected chi connectivity index (χ0v) is 25.0. The van der Waals surface area contributed by atoms with E-state index in [4.69, 9.17) is 19.2 Å². The molecule has 2 aromatic heterocycles. The van der Waals surface area contributed by atoms with E-state index < -0.39 is 0 Å². The van der Waals surface area contributed by atoms with Crippen LogP contribution in [0.3, 0.4) is 0 Å². The molecular weight excluding hydrogens is 558 g/mol. The second-order valence-electron chi connectivity index (χ2n) is 9.50. The molecule has 0 unspecified atom stereocenters. The van der Waals surface area contributed by atoms with Gasteiger partial charge in [-0.1, -0.05) is 11.8 Å². The number of ether oxygens (including phenoxy) is 3. The number of imidazole rings is 1. The van der Waals surface area contributed by atoms with E-state index in [0.717, 1.165) is 65.3 Å². The van der Waals surface area contributed by atoms with Crippen molar-refractivity contribution in [2.45, 2.75) is 44.2 Å². The number of H-pyrrole nitrogens is 1. The summed E-state index contributed by atoms with van der Waals surface area (Å²) < 4.78 is 15.9. The Morgan fingerprint density at radius 1 is 0.976 bits per heavy atom. The van der Waals surface area contributed by atoms with Gasteiger partial charge in [-0.3, -0.25) is 4.79 Å². The van der Waals surface area contributed by atoms with Gasteiger partial charge in [-0.25, -0.2) is 9.78 Å². The van der Waals surface area contributed by atoms with Crippen molar-refractivity contribution in [2.75, 3.05) is 31.9 Å². The van der Waals surface area contributed by atoms with Gasteiger partial charge >= 0.3 is 5.97 Å². The maximum atomic E-state index is 13.0. The summed E-state index contributed by atoms with van der Waals surface area (Å²) in [6.07, 6.45) is 4.19. The van der Waals surface area contributed by atoms with Gasteiger partial charge in [-0.05, 0) is 86.7 Å². The number of thiophene rings is 1. The van der Waals surface area contributed by atoms with E-state index in [2.05, 4.69) is 10.3 Å². The van der Waals surface area contributed by atoms with Gasteiger partial charge in [0, 0.05) is 28.2 Å². The Hall–Kier alpha value is -3.76. The number of nitrogens with zero attached hydrogens (tertiary/aromatic N) is 1. The second kappa shape index (κ2) is 13.3. The molecular formula is C31H33N3O5S2. The minimum absolute atomic E-state index is 0.140. The van der Waals surface area contributed by atoms with Gasteiger partial charge in [0.05, 0.1) is 37.8 Å². The molecule has 0 fully saturated rings. The predicted molar refractivity (Wildman–Crippen MR) is 163 cm³/mol. The number of hydrogen-bond donors (Lipinski definition) is 2. The number of aromatic amines is 1. The van der Waals surface area contributed by atoms with Gasteiger partial charge in [0.2, 0.25) is 5.91 Å². The fourth-order valence-corrected chi connectivity index (χ4v) is 6.95. The van der Waals surface area contributed by atoms with Crippen LogP contribution in [0.2, 0.25) is 0 Å². The number of carbonyl (C=O) groups excluding carboxylic acids is 2. The molecule has 2 N–H and O–H groups in total. The summed E-state index contributed by atoms with van der Waals surface area (Å²) in [6, 6.07) is 15.6. The molecule has 0 saturated carbocycles. The number of thioether (sulfide) groups is 1. The minimum atomic E-state index is -0.357. The van der Waals surface area contributed by atoms with E-state index >= 15 is 0 Å². The van der Waals surface area contributed by atoms with Crippen LogP contribution in [0.1, 0.15) is 47.0 Å². The lowest BCUT2D eigenvalue weighted by Gasteiger charge is -2.12. The van der Waals surface area contributed by atoms with Crippen molar-refractivity contribution < 1.29 is 23.8 Å². The standard InChI is InChI=1S/C31H33N3O5S2/c1-4-39-30(36)26-23-7-5-6-8-24(23)41-29(26)32-25(35)17-18-40-31-33-27(19-9-13-21(37-2)14-10-19)28(34-31)20-11-15-22(38-3)16-12-20/h9-16H,4-8,17-18H2,1-3H3,(H,32,35)(H,33,34). The number of amides is 1. The van der Waals surface area contributed by atoms with Crippen LogP contribution in [0.5, 0.6) is 11.5 Å². The lowest BCUT2D eigenvalue weighted by Crippen LogP contribution is -2.16. The molecule has 2 heterocycles. The quantitative estimate of drug-likeness (QED) is 0.143. The largest absolute Gasteiger partial charge is 0.497 e. The van der Waals surface area contributed by atoms with E-state index in [1.807, 2.05) is 48.5 Å². The lowest BCUT2D eigenvalue weighted by molar-refractivity contribution is -0.115. The fourth-order valence-electron chi connectivity index (χ4n) is 4.85. The third kappa shape index (κ3) is 6.60. The van der Waals surface area contributed by atoms with Crippen LogP contribution >= 0.6 is 23.1 Å². The highest BCUT2D eigenvalue weighted by molar-refractivity contribution is 7.99. The number of esters is 1. The maximum Gasteiger partial charge on any atom is 0.341 e. The normalized spacial score (nSPS) is 12.5. The summed E-state index contributed by atoms with van der Waals surface area (Å²) in [5.74, 6) is 1.57. The SMILES string of the molecule is CCOC(=O)c1c(NC(=O)CCSc2nc(-c3ccc(OC)cc3)c(-c3ccc(OC)cc3)[nH]2)sc2c1CCCC2. The summed E-state index contributed by atoms with van der Waals surface area (Å²) >= 11 is 2.98. The van der Waals surface area contributed by atoms with Crippen molar-refractivity contribution in [3.63, 3.8) is 0 Å². The van der Waals surface area contributed by atoms with Crippen molar-refractivity contribution >= 4 is 40.0 Å². The molecule has 41 heavy (non-hydrogen) atoms. The highest BCUT2D eigenvalue weighted by Gasteiger charge is 2.27. The van der Waals surface area contributed by atoms with Gasteiger partial charge < -0.3 is 24.5 Å². The lowest BCUT2D eigenvalue weighted by atomic mass is 9.95. The van der Waals surface area contributed by atoms with Gasteiger partial charge in [-0.2, -0.15) is 0 Å². The first-order valence-electron chi connectivity index (χ1n) is 13.6. The number of carbonyl (C=O) groups is 2. The van der Waals surface area contributed by atoms with Crippen LogP contribution in [-0.4, -0.2) is 48.4 Å². The second-order valence-corrected chi connectivity index (χ2v) is 11.7. The molecule has 1 aliphatic carbocycles. The van der Waals surface area contributed by atoms with Crippen molar-refractivity contribution in [3.8, 4) is 34.0 Å². The Morgan fingerprint density at radius 3 is 2.29 bits per heavy atom. The number of benzene rings is 2. The van der Waals surface area contributed by atoms with Crippen LogP contribution in [0.4, 0.5) is 5.00 Å². The Labute approximate surface area is 247 Å². The Kier molecular flexibility index (Phi) is 9.31. The van der Waals surface area contributed by atoms with Crippen LogP contribution in [0.15, 0.2) is 53.7 Å². The number of methoxy groups -OCH3 is 2. The topological polar surface area (TPSA) is 103 Å². The van der Waals surface area contributed by atoms with E-state index in [1.165, 1.54) is 28.0 Å². The summed E-state index contributed by atoms with van der Waals surface area (Å²) in [5, 5.41) is 4.31. The highest BCUT2D eigenvalue weighted by Crippen LogP contribution is 2.39. The monoisotopic (exact) mass is 591 g/mol. The van der Waals surface area contributed by atoms with E-state index in [9.17, 15) is 9.59 Å². The van der Waals surface area contributed by atoms with E-state index in [0.29, 0.717) is 28.1 Å². The van der Waals surface area contributed by atoms with E-state index in [-0.39, 0.29) is 18.3 Å². The number of rotatable bonds is 11. The average Bonchev–Trinajstić information content (AvgIpc) is 3.59. The number of nitrogens with one attached hydrogen (secondary N) is 2. The summed E-state index contributed by atoms with van der Waals surface area (Å²) in [4.78, 5) is 35.2. The van der Waals surface area contributed by atoms with Gasteiger partial charge in [-0.15, -0.1) is 11.3 Å². The number of aryl methyl sites for hydroxylation is 1. The van der Waals surface area contributed by atoms with Crippen molar-refractivity contribution in [1.29, 1.82) is 0 Å². The Balaban J connectivity index is 1.30. The van der Waals surface area contributed by atoms with Crippen LogP contribution in [0.25, 0.3) is 22.5 Å². The van der Waals surface area contributed by atoms with Crippen molar-refractivity contribution in [1.82, 2.24) is 9.97 Å². The zero-order chi connectivity index (χ0) is 28.8. The van der Waals surface area contributed by atoms with Crippen LogP contribution in [-0.2, 0) is 22.4 Å². The van der Waals surface area contributed by atoms with Gasteiger partial charge in [0.1, 0.15) is 16.5 Å². The third-order valence-corrected chi connectivity index (χ3v) is 8.98. The molecule has 214 valence electrons. The zero-order valence-electron chi connectivity index (χ0n) is 23.4. The molecule has 4 aromatic rings. The molecule has 1 amide bonds. The first kappa shape index (κ1) is 28.8. The molecule has 0 aliphatic heterocycles. The molecule has 0 spiro atoms. The molecule has 10 heteroatoms. The van der Waals surface area contributed by atoms with E-state index in [1.54, 1.807) is 21.1 Å². The molecule has 5 rings (SSSR count). The molecule has 8 nitrogen and oxygen atoms in total. The number of aromatic nitrogens is 2. The smallest absolute Gasteiger partial charge is 0.341 e. The van der Waals surface area contributed by atoms with Crippen LogP contribution < -0.4 is 14.8 Å². The third-order valence-electron chi connectivity index (χ3n) is 6.90. The summed E-state index contributed by atoms with van der Waals surface area (Å²) in [5.41, 5.74) is 5.19. The minimum Gasteiger partial charge on any atom is -0.497 e. The first-order valence-corrected chi connectivity index (χ1v) is 15.4. The van der Waals surface area contributed by atoms with Crippen molar-refractivity contribution in [2.24, 2.45) is 0 Å². The number of fused-ring (bicyclic) bond motifs is 1.